The molecule has 0 atom stereocenters. The van der Waals surface area contributed by atoms with Crippen molar-refractivity contribution in [2.75, 3.05) is 33.2 Å². The number of likely N-dealkylation sites (N-methyl/N-ethyl adjacent to an activating group) is 1. The van der Waals surface area contributed by atoms with Crippen molar-refractivity contribution < 1.29 is 9.90 Å². The third-order valence-corrected chi connectivity index (χ3v) is 3.70. The molecule has 0 saturated carbocycles. The van der Waals surface area contributed by atoms with Crippen molar-refractivity contribution >= 4 is 5.91 Å². The number of nitrogens with zero attached hydrogens (tertiary/aromatic N) is 3. The van der Waals surface area contributed by atoms with Crippen molar-refractivity contribution in [3.8, 4) is 0 Å². The highest BCUT2D eigenvalue weighted by Gasteiger charge is 2.21. The molecule has 0 bridgehead atoms. The summed E-state index contributed by atoms with van der Waals surface area (Å²) in [5.74, 6) is 0.153. The van der Waals surface area contributed by atoms with Gasteiger partial charge in [0.2, 0.25) is 5.91 Å². The molecule has 2 heterocycles. The molecule has 0 aromatic carbocycles. The molecule has 5 heteroatoms. The summed E-state index contributed by atoms with van der Waals surface area (Å²) in [5, 5.41) is 9.45. The van der Waals surface area contributed by atoms with Gasteiger partial charge in [-0.15, -0.1) is 0 Å². The Kier molecular flexibility index (Phi) is 5.49. The number of hydrogen-bond donors (Lipinski definition) is 1. The Morgan fingerprint density at radius 2 is 2.20 bits per heavy atom. The van der Waals surface area contributed by atoms with Crippen LogP contribution in [0.5, 0.6) is 0 Å². The normalized spacial score (nSPS) is 16.6. The smallest absolute Gasteiger partial charge is 0.236 e. The monoisotopic (exact) mass is 277 g/mol. The number of carbonyl (C=O) groups is 1. The van der Waals surface area contributed by atoms with Gasteiger partial charge in [0.05, 0.1) is 12.6 Å². The molecule has 0 unspecified atom stereocenters. The van der Waals surface area contributed by atoms with Gasteiger partial charge < -0.3 is 10.0 Å². The van der Waals surface area contributed by atoms with Crippen molar-refractivity contribution in [1.29, 1.82) is 0 Å². The van der Waals surface area contributed by atoms with Gasteiger partial charge in [-0.1, -0.05) is 6.07 Å². The standard InChI is InChI=1S/C15H23N3O2/c1-17(9-5-13-4-2-3-8-16-13)12-15(20)18-10-6-14(19)7-11-18/h2-4,8,14,19H,5-7,9-12H2,1H3. The van der Waals surface area contributed by atoms with E-state index < -0.39 is 0 Å². The summed E-state index contributed by atoms with van der Waals surface area (Å²) in [5.41, 5.74) is 1.05. The van der Waals surface area contributed by atoms with Crippen LogP contribution in [-0.2, 0) is 11.2 Å². The molecule has 110 valence electrons. The molecule has 0 aliphatic carbocycles. The number of hydrogen-bond acceptors (Lipinski definition) is 4. The van der Waals surface area contributed by atoms with Gasteiger partial charge in [-0.2, -0.15) is 0 Å². The van der Waals surface area contributed by atoms with Crippen LogP contribution in [0.2, 0.25) is 0 Å². The summed E-state index contributed by atoms with van der Waals surface area (Å²) in [6, 6.07) is 5.88. The topological polar surface area (TPSA) is 56.7 Å². The molecule has 1 N–H and O–H groups in total. The second-order valence-corrected chi connectivity index (χ2v) is 5.42. The average Bonchev–Trinajstić information content (AvgIpc) is 2.47. The molecule has 1 fully saturated rings. The molecule has 5 nitrogen and oxygen atoms in total. The third-order valence-electron chi connectivity index (χ3n) is 3.70. The van der Waals surface area contributed by atoms with Crippen LogP contribution >= 0.6 is 0 Å². The van der Waals surface area contributed by atoms with E-state index in [1.807, 2.05) is 35.0 Å². The van der Waals surface area contributed by atoms with E-state index in [-0.39, 0.29) is 12.0 Å². The number of amides is 1. The van der Waals surface area contributed by atoms with Crippen LogP contribution in [0, 0.1) is 0 Å². The van der Waals surface area contributed by atoms with Crippen LogP contribution in [0.4, 0.5) is 0 Å². The maximum atomic E-state index is 12.1. The third kappa shape index (κ3) is 4.58. The SMILES string of the molecule is CN(CCc1ccccn1)CC(=O)N1CCC(O)CC1. The average molecular weight is 277 g/mol. The first-order chi connectivity index (χ1) is 9.65. The van der Waals surface area contributed by atoms with Gasteiger partial charge in [0.15, 0.2) is 0 Å². The number of aliphatic hydroxyl groups excluding tert-OH is 1. The van der Waals surface area contributed by atoms with E-state index in [1.165, 1.54) is 0 Å². The van der Waals surface area contributed by atoms with Crippen LogP contribution in [0.3, 0.4) is 0 Å². The Balaban J connectivity index is 1.71. The fraction of sp³-hybridized carbons (Fsp3) is 0.600. The summed E-state index contributed by atoms with van der Waals surface area (Å²) in [6.07, 6.45) is 3.80. The predicted molar refractivity (Wildman–Crippen MR) is 77.3 cm³/mol. The van der Waals surface area contributed by atoms with Crippen LogP contribution in [0.25, 0.3) is 0 Å². The Bertz CT molecular complexity index is 416. The van der Waals surface area contributed by atoms with Crippen LogP contribution in [0.1, 0.15) is 18.5 Å². The first kappa shape index (κ1) is 14.9. The van der Waals surface area contributed by atoms with Crippen molar-refractivity contribution in [3.63, 3.8) is 0 Å². The number of piperidine rings is 1. The molecule has 1 aromatic rings. The molecule has 1 saturated heterocycles. The first-order valence-electron chi connectivity index (χ1n) is 7.19. The number of pyridine rings is 1. The summed E-state index contributed by atoms with van der Waals surface area (Å²) < 4.78 is 0. The van der Waals surface area contributed by atoms with E-state index in [0.717, 1.165) is 18.7 Å². The van der Waals surface area contributed by atoms with Gasteiger partial charge in [-0.25, -0.2) is 0 Å². The van der Waals surface area contributed by atoms with Crippen molar-refractivity contribution in [1.82, 2.24) is 14.8 Å². The second-order valence-electron chi connectivity index (χ2n) is 5.42. The number of carbonyl (C=O) groups excluding carboxylic acids is 1. The molecule has 1 aromatic heterocycles. The van der Waals surface area contributed by atoms with Crippen molar-refractivity contribution in [2.24, 2.45) is 0 Å². The number of aliphatic hydroxyl groups is 1. The number of likely N-dealkylation sites (tertiary alicyclic amines) is 1. The van der Waals surface area contributed by atoms with E-state index in [9.17, 15) is 9.90 Å². The lowest BCUT2D eigenvalue weighted by Crippen LogP contribution is -2.44. The summed E-state index contributed by atoms with van der Waals surface area (Å²) in [4.78, 5) is 20.3. The van der Waals surface area contributed by atoms with Crippen molar-refractivity contribution in [3.05, 3.63) is 30.1 Å². The Labute approximate surface area is 120 Å². The summed E-state index contributed by atoms with van der Waals surface area (Å²) in [7, 11) is 1.96. The lowest BCUT2D eigenvalue weighted by Gasteiger charge is -2.31. The molecule has 2 rings (SSSR count). The van der Waals surface area contributed by atoms with Gasteiger partial charge in [-0.05, 0) is 32.0 Å². The minimum Gasteiger partial charge on any atom is -0.393 e. The lowest BCUT2D eigenvalue weighted by atomic mass is 10.1. The second kappa shape index (κ2) is 7.36. The Morgan fingerprint density at radius 1 is 1.45 bits per heavy atom. The van der Waals surface area contributed by atoms with Crippen LogP contribution < -0.4 is 0 Å². The molecule has 1 aliphatic heterocycles. The van der Waals surface area contributed by atoms with E-state index in [4.69, 9.17) is 0 Å². The zero-order valence-electron chi connectivity index (χ0n) is 12.0. The molecule has 1 aliphatic rings. The van der Waals surface area contributed by atoms with Crippen LogP contribution in [-0.4, -0.2) is 65.1 Å². The minimum atomic E-state index is -0.235. The molecule has 1 amide bonds. The van der Waals surface area contributed by atoms with E-state index >= 15 is 0 Å². The van der Waals surface area contributed by atoms with Gasteiger partial charge >= 0.3 is 0 Å². The maximum Gasteiger partial charge on any atom is 0.236 e. The zero-order chi connectivity index (χ0) is 14.4. The summed E-state index contributed by atoms with van der Waals surface area (Å²) >= 11 is 0. The molecule has 20 heavy (non-hydrogen) atoms. The van der Waals surface area contributed by atoms with Gasteiger partial charge in [0, 0.05) is 37.9 Å². The minimum absolute atomic E-state index is 0.153. The molecule has 0 radical (unpaired) electrons. The molecular weight excluding hydrogens is 254 g/mol. The highest BCUT2D eigenvalue weighted by atomic mass is 16.3. The largest absolute Gasteiger partial charge is 0.393 e. The predicted octanol–water partition coefficient (Wildman–Crippen LogP) is 0.539. The van der Waals surface area contributed by atoms with Crippen molar-refractivity contribution in [2.45, 2.75) is 25.4 Å². The highest BCUT2D eigenvalue weighted by Crippen LogP contribution is 2.10. The van der Waals surface area contributed by atoms with Gasteiger partial charge in [0.1, 0.15) is 0 Å². The fourth-order valence-electron chi connectivity index (χ4n) is 2.38. The van der Waals surface area contributed by atoms with E-state index in [1.54, 1.807) is 6.20 Å². The highest BCUT2D eigenvalue weighted by molar-refractivity contribution is 5.78. The van der Waals surface area contributed by atoms with Gasteiger partial charge in [0.25, 0.3) is 0 Å². The molecular formula is C15H23N3O2. The Morgan fingerprint density at radius 3 is 2.85 bits per heavy atom. The Hall–Kier alpha value is -1.46. The summed E-state index contributed by atoms with van der Waals surface area (Å²) in [6.45, 7) is 2.60. The van der Waals surface area contributed by atoms with E-state index in [2.05, 4.69) is 4.98 Å². The van der Waals surface area contributed by atoms with E-state index in [0.29, 0.717) is 32.5 Å². The van der Waals surface area contributed by atoms with Crippen LogP contribution in [0.15, 0.2) is 24.4 Å². The fourth-order valence-corrected chi connectivity index (χ4v) is 2.38. The maximum absolute atomic E-state index is 12.1. The first-order valence-corrected chi connectivity index (χ1v) is 7.19. The number of rotatable bonds is 5. The van der Waals surface area contributed by atoms with Gasteiger partial charge in [-0.3, -0.25) is 14.7 Å². The number of aromatic nitrogens is 1. The molecule has 0 spiro atoms. The lowest BCUT2D eigenvalue weighted by molar-refractivity contribution is -0.134. The quantitative estimate of drug-likeness (QED) is 0.853. The zero-order valence-corrected chi connectivity index (χ0v) is 12.0.